The largest absolute Gasteiger partial charge is 0.433 e. The molecular formula is C17H16F2N4O4S2. The Morgan fingerprint density at radius 3 is 2.72 bits per heavy atom. The third-order valence-electron chi connectivity index (χ3n) is 3.85. The molecule has 0 unspecified atom stereocenters. The quantitative estimate of drug-likeness (QED) is 0.543. The number of aromatic nitrogens is 2. The van der Waals surface area contributed by atoms with Crippen LogP contribution in [0.5, 0.6) is 5.75 Å². The highest BCUT2D eigenvalue weighted by molar-refractivity contribution is 7.99. The summed E-state index contributed by atoms with van der Waals surface area (Å²) in [6.45, 7) is -3.01. The lowest BCUT2D eigenvalue weighted by Crippen LogP contribution is -2.16. The molecule has 0 aliphatic carbocycles. The molecule has 0 aliphatic rings. The zero-order valence-corrected chi connectivity index (χ0v) is 16.6. The molecule has 3 rings (SSSR count). The second-order valence-electron chi connectivity index (χ2n) is 5.86. The monoisotopic (exact) mass is 442 g/mol. The number of nitrogens with zero attached hydrogens (tertiary/aromatic N) is 2. The summed E-state index contributed by atoms with van der Waals surface area (Å²) in [6, 6.07) is 10.2. The number of hydrogen-bond donors (Lipinski definition) is 2. The highest BCUT2D eigenvalue weighted by atomic mass is 32.2. The molecule has 12 heteroatoms. The number of halogens is 2. The van der Waals surface area contributed by atoms with E-state index >= 15 is 0 Å². The lowest BCUT2D eigenvalue weighted by atomic mass is 10.3. The lowest BCUT2D eigenvalue weighted by molar-refractivity contribution is -0.113. The number of carbonyl (C=O) groups excluding carboxylic acids is 1. The van der Waals surface area contributed by atoms with Gasteiger partial charge in [0.05, 0.1) is 27.4 Å². The minimum Gasteiger partial charge on any atom is -0.433 e. The number of carbonyl (C=O) groups is 1. The number of rotatable bonds is 7. The van der Waals surface area contributed by atoms with Gasteiger partial charge in [0.25, 0.3) is 0 Å². The van der Waals surface area contributed by atoms with Crippen molar-refractivity contribution < 1.29 is 26.7 Å². The van der Waals surface area contributed by atoms with Crippen molar-refractivity contribution in [3.63, 3.8) is 0 Å². The van der Waals surface area contributed by atoms with Crippen molar-refractivity contribution in [2.75, 3.05) is 11.1 Å². The molecule has 0 fully saturated rings. The summed E-state index contributed by atoms with van der Waals surface area (Å²) in [6.07, 6.45) is 0. The number of para-hydroxylation sites is 2. The highest BCUT2D eigenvalue weighted by Crippen LogP contribution is 2.27. The number of sulfonamides is 1. The van der Waals surface area contributed by atoms with Crippen molar-refractivity contribution in [3.8, 4) is 5.75 Å². The van der Waals surface area contributed by atoms with Crippen molar-refractivity contribution in [3.05, 3.63) is 42.5 Å². The second-order valence-corrected chi connectivity index (χ2v) is 8.36. The summed E-state index contributed by atoms with van der Waals surface area (Å²) in [4.78, 5) is 16.5. The van der Waals surface area contributed by atoms with Gasteiger partial charge in [0.2, 0.25) is 15.9 Å². The van der Waals surface area contributed by atoms with E-state index in [1.54, 1.807) is 23.7 Å². The molecule has 3 aromatic rings. The van der Waals surface area contributed by atoms with E-state index in [4.69, 9.17) is 5.14 Å². The number of amides is 1. The van der Waals surface area contributed by atoms with E-state index < -0.39 is 22.5 Å². The van der Waals surface area contributed by atoms with Gasteiger partial charge in [-0.1, -0.05) is 23.9 Å². The number of primary sulfonamides is 1. The van der Waals surface area contributed by atoms with Gasteiger partial charge in [-0.2, -0.15) is 8.78 Å². The molecule has 8 nitrogen and oxygen atoms in total. The van der Waals surface area contributed by atoms with Crippen LogP contribution in [0.2, 0.25) is 0 Å². The zero-order valence-electron chi connectivity index (χ0n) is 15.0. The van der Waals surface area contributed by atoms with Gasteiger partial charge >= 0.3 is 6.61 Å². The fraction of sp³-hybridized carbons (Fsp3) is 0.176. The molecule has 3 N–H and O–H groups in total. The fourth-order valence-corrected chi connectivity index (χ4v) is 3.87. The number of thioether (sulfide) groups is 1. The highest BCUT2D eigenvalue weighted by Gasteiger charge is 2.16. The molecule has 1 heterocycles. The third-order valence-corrected chi connectivity index (χ3v) is 5.79. The van der Waals surface area contributed by atoms with Crippen LogP contribution in [0.15, 0.2) is 52.5 Å². The number of aryl methyl sites for hydroxylation is 1. The van der Waals surface area contributed by atoms with Crippen molar-refractivity contribution in [2.24, 2.45) is 12.2 Å². The number of benzene rings is 2. The van der Waals surface area contributed by atoms with Gasteiger partial charge in [-0.25, -0.2) is 18.5 Å². The molecule has 0 radical (unpaired) electrons. The first kappa shape index (κ1) is 21.0. The summed E-state index contributed by atoms with van der Waals surface area (Å²) < 4.78 is 54.0. The lowest BCUT2D eigenvalue weighted by Gasteiger charge is -2.11. The van der Waals surface area contributed by atoms with Crippen LogP contribution >= 0.6 is 11.8 Å². The van der Waals surface area contributed by atoms with Crippen LogP contribution in [0.1, 0.15) is 0 Å². The number of ether oxygens (including phenoxy) is 1. The number of imidazole rings is 1. The first-order valence-electron chi connectivity index (χ1n) is 8.11. The summed E-state index contributed by atoms with van der Waals surface area (Å²) in [7, 11) is -2.14. The van der Waals surface area contributed by atoms with Crippen LogP contribution in [-0.4, -0.2) is 36.2 Å². The minimum atomic E-state index is -3.86. The van der Waals surface area contributed by atoms with Gasteiger partial charge in [-0.15, -0.1) is 0 Å². The molecule has 29 heavy (non-hydrogen) atoms. The summed E-state index contributed by atoms with van der Waals surface area (Å²) in [5.41, 5.74) is 1.20. The van der Waals surface area contributed by atoms with Gasteiger partial charge in [-0.05, 0) is 30.3 Å². The normalized spacial score (nSPS) is 11.8. The fourth-order valence-electron chi connectivity index (χ4n) is 2.55. The van der Waals surface area contributed by atoms with E-state index in [1.807, 2.05) is 0 Å². The molecule has 154 valence electrons. The topological polar surface area (TPSA) is 116 Å². The van der Waals surface area contributed by atoms with Crippen LogP contribution in [0.3, 0.4) is 0 Å². The minimum absolute atomic E-state index is 0.0534. The van der Waals surface area contributed by atoms with Gasteiger partial charge in [0.15, 0.2) is 5.16 Å². The van der Waals surface area contributed by atoms with E-state index in [1.165, 1.54) is 30.3 Å². The predicted octanol–water partition coefficient (Wildman–Crippen LogP) is 2.55. The maximum Gasteiger partial charge on any atom is 0.387 e. The van der Waals surface area contributed by atoms with E-state index in [2.05, 4.69) is 15.0 Å². The Labute approximate surface area is 169 Å². The number of nitrogens with two attached hydrogens (primary N) is 1. The molecular weight excluding hydrogens is 426 g/mol. The average molecular weight is 442 g/mol. The molecule has 2 aromatic carbocycles. The van der Waals surface area contributed by atoms with Crippen molar-refractivity contribution >= 4 is 44.4 Å². The Kier molecular flexibility index (Phi) is 6.05. The van der Waals surface area contributed by atoms with Gasteiger partial charge in [0, 0.05) is 7.05 Å². The number of alkyl halides is 2. The number of nitrogens with one attached hydrogen (secondary N) is 1. The SMILES string of the molecule is Cn1c(SCC(=O)Nc2ccccc2OC(F)F)nc2cc(S(N)(=O)=O)ccc21. The standard InChI is InChI=1S/C17H16F2N4O4S2/c1-23-13-7-6-10(29(20,25)26)8-12(13)22-17(23)28-9-15(24)21-11-4-2-3-5-14(11)27-16(18)19/h2-8,16H,9H2,1H3,(H,21,24)(H2,20,25,26). The van der Waals surface area contributed by atoms with Gasteiger partial charge in [-0.3, -0.25) is 4.79 Å². The summed E-state index contributed by atoms with van der Waals surface area (Å²) in [5, 5.41) is 8.12. The van der Waals surface area contributed by atoms with Crippen LogP contribution in [0, 0.1) is 0 Å². The molecule has 0 spiro atoms. The Balaban J connectivity index is 1.72. The smallest absolute Gasteiger partial charge is 0.387 e. The third kappa shape index (κ3) is 5.02. The molecule has 0 bridgehead atoms. The maximum atomic E-state index is 12.5. The van der Waals surface area contributed by atoms with Crippen molar-refractivity contribution in [1.29, 1.82) is 0 Å². The Morgan fingerprint density at radius 2 is 2.03 bits per heavy atom. The first-order chi connectivity index (χ1) is 13.6. The Bertz CT molecular complexity index is 1170. The molecule has 0 saturated heterocycles. The average Bonchev–Trinajstić information content (AvgIpc) is 2.96. The predicted molar refractivity (Wildman–Crippen MR) is 105 cm³/mol. The van der Waals surface area contributed by atoms with Crippen LogP contribution in [0.25, 0.3) is 11.0 Å². The second kappa shape index (κ2) is 8.35. The molecule has 0 saturated carbocycles. The van der Waals surface area contributed by atoms with Crippen molar-refractivity contribution in [1.82, 2.24) is 9.55 Å². The Morgan fingerprint density at radius 1 is 1.31 bits per heavy atom. The molecule has 0 atom stereocenters. The van der Waals surface area contributed by atoms with E-state index in [0.29, 0.717) is 16.2 Å². The number of hydrogen-bond acceptors (Lipinski definition) is 6. The van der Waals surface area contributed by atoms with Gasteiger partial charge in [0.1, 0.15) is 5.75 Å². The molecule has 1 aromatic heterocycles. The number of fused-ring (bicyclic) bond motifs is 1. The van der Waals surface area contributed by atoms with Crippen LogP contribution < -0.4 is 15.2 Å². The van der Waals surface area contributed by atoms with Crippen molar-refractivity contribution in [2.45, 2.75) is 16.7 Å². The number of anilines is 1. The molecule has 0 aliphatic heterocycles. The summed E-state index contributed by atoms with van der Waals surface area (Å²) >= 11 is 1.10. The maximum absolute atomic E-state index is 12.5. The van der Waals surface area contributed by atoms with Crippen LogP contribution in [0.4, 0.5) is 14.5 Å². The van der Waals surface area contributed by atoms with Gasteiger partial charge < -0.3 is 14.6 Å². The molecule has 1 amide bonds. The Hall–Kier alpha value is -2.70. The van der Waals surface area contributed by atoms with Crippen LogP contribution in [-0.2, 0) is 21.9 Å². The zero-order chi connectivity index (χ0) is 21.2. The first-order valence-corrected chi connectivity index (χ1v) is 10.6. The summed E-state index contributed by atoms with van der Waals surface area (Å²) in [5.74, 6) is -0.640. The van der Waals surface area contributed by atoms with E-state index in [9.17, 15) is 22.0 Å². The van der Waals surface area contributed by atoms with E-state index in [-0.39, 0.29) is 22.1 Å². The van der Waals surface area contributed by atoms with E-state index in [0.717, 1.165) is 11.8 Å².